The summed E-state index contributed by atoms with van der Waals surface area (Å²) in [6.45, 7) is 9.79. The molecular weight excluding hydrogens is 730 g/mol. The van der Waals surface area contributed by atoms with Crippen molar-refractivity contribution in [3.8, 4) is 0 Å². The van der Waals surface area contributed by atoms with E-state index in [0.29, 0.717) is 11.8 Å². The van der Waals surface area contributed by atoms with Crippen molar-refractivity contribution in [3.05, 3.63) is 106 Å². The molecule has 3 aliphatic carbocycles. The van der Waals surface area contributed by atoms with Crippen LogP contribution in [0.3, 0.4) is 0 Å². The third-order valence-corrected chi connectivity index (χ3v) is 36.2. The molecule has 1 saturated heterocycles. The maximum Gasteiger partial charge on any atom is -0.147 e. The van der Waals surface area contributed by atoms with Gasteiger partial charge in [-0.05, 0) is 0 Å². The number of hydrogen-bond acceptors (Lipinski definition) is 0. The van der Waals surface area contributed by atoms with Gasteiger partial charge in [-0.25, -0.2) is 0 Å². The molecule has 3 heteroatoms. The van der Waals surface area contributed by atoms with E-state index in [2.05, 4.69) is 113 Å². The number of benzene rings is 4. The Morgan fingerprint density at radius 2 is 1.00 bits per heavy atom. The first kappa shape index (κ1) is 31.3. The van der Waals surface area contributed by atoms with Gasteiger partial charge in [-0.3, -0.25) is 0 Å². The third kappa shape index (κ3) is 4.78. The first-order valence-corrected chi connectivity index (χ1v) is 24.7. The van der Waals surface area contributed by atoms with Gasteiger partial charge in [-0.2, -0.15) is 0 Å². The normalized spacial score (nSPS) is 26.8. The maximum atomic E-state index is 2.72. The molecule has 4 atom stereocenters. The van der Waals surface area contributed by atoms with Gasteiger partial charge in [0.05, 0.1) is 0 Å². The zero-order chi connectivity index (χ0) is 27.9. The molecule has 1 heterocycles. The number of allylic oxidation sites excluding steroid dienone is 2. The summed E-state index contributed by atoms with van der Waals surface area (Å²) in [5, 5.41) is 5.78. The molecule has 0 aromatic heterocycles. The van der Waals surface area contributed by atoms with Gasteiger partial charge in [0.2, 0.25) is 0 Å². The standard InChI is InChI=1S/2C17H17.C6H10.2ClH.Hf/c2*1-12(2)9-13-10-15-8-7-14-5-3-4-6-16(14)17(15)11-13;1-2-4-6-5-3-1;;;/h2*3-8,10-12H,9H2,1-2H3;1-2H,3-6H2;2*1H;. The molecule has 4 unspecified atom stereocenters. The number of rotatable bonds is 6. The Labute approximate surface area is 275 Å². The van der Waals surface area contributed by atoms with Gasteiger partial charge in [-0.15, -0.1) is 24.8 Å². The van der Waals surface area contributed by atoms with E-state index in [1.807, 2.05) is 11.1 Å². The van der Waals surface area contributed by atoms with Gasteiger partial charge in [-0.1, -0.05) is 0 Å². The number of fused-ring (bicyclic) bond motifs is 7. The van der Waals surface area contributed by atoms with Crippen LogP contribution in [0.25, 0.3) is 33.7 Å². The van der Waals surface area contributed by atoms with Crippen LogP contribution >= 0.6 is 24.8 Å². The zero-order valence-corrected chi connectivity index (χ0v) is 31.3. The van der Waals surface area contributed by atoms with Crippen molar-refractivity contribution >= 4 is 58.5 Å². The molecule has 0 N–H and O–H groups in total. The molecule has 2 fully saturated rings. The Kier molecular flexibility index (Phi) is 8.69. The van der Waals surface area contributed by atoms with Gasteiger partial charge in [0, 0.05) is 0 Å². The monoisotopic (exact) mass is 776 g/mol. The zero-order valence-electron chi connectivity index (χ0n) is 26.1. The first-order valence-electron chi connectivity index (χ1n) is 16.4. The SMILES string of the molecule is CC(C)CC1=Cc2c(ccc3ccccc23)[CH]1[Hf]1([CH]2C(CC(C)C)=Cc3c2ccc2ccccc32)[CH]2CCCC[CH]21.Cl.Cl. The average molecular weight is 776 g/mol. The van der Waals surface area contributed by atoms with Crippen LogP contribution in [0, 0.1) is 11.8 Å². The number of halogens is 2. The largest absolute Gasteiger partial charge is 0.147 e. The minimum absolute atomic E-state index is 0. The second kappa shape index (κ2) is 11.9. The van der Waals surface area contributed by atoms with Gasteiger partial charge >= 0.3 is 253 Å². The molecule has 0 amide bonds. The topological polar surface area (TPSA) is 0 Å². The quantitative estimate of drug-likeness (QED) is 0.171. The Bertz CT molecular complexity index is 1620. The Morgan fingerprint density at radius 3 is 1.42 bits per heavy atom. The third-order valence-electron chi connectivity index (χ3n) is 11.3. The summed E-state index contributed by atoms with van der Waals surface area (Å²) >= 11 is -3.15. The van der Waals surface area contributed by atoms with Crippen LogP contribution in [0.15, 0.2) is 83.9 Å². The second-order valence-corrected chi connectivity index (χ2v) is 31.2. The van der Waals surface area contributed by atoms with Crippen molar-refractivity contribution in [2.75, 3.05) is 0 Å². The van der Waals surface area contributed by atoms with E-state index in [-0.39, 0.29) is 24.8 Å². The van der Waals surface area contributed by atoms with E-state index in [0.717, 1.165) is 14.7 Å². The van der Waals surface area contributed by atoms with Gasteiger partial charge in [0.15, 0.2) is 0 Å². The molecule has 4 aliphatic rings. The van der Waals surface area contributed by atoms with Crippen LogP contribution in [0.5, 0.6) is 0 Å². The van der Waals surface area contributed by atoms with Crippen LogP contribution in [0.1, 0.15) is 95.8 Å². The van der Waals surface area contributed by atoms with Crippen molar-refractivity contribution in [2.24, 2.45) is 11.8 Å². The van der Waals surface area contributed by atoms with Crippen LogP contribution in [-0.4, -0.2) is 0 Å². The van der Waals surface area contributed by atoms with Gasteiger partial charge in [0.1, 0.15) is 0 Å². The summed E-state index contributed by atoms with van der Waals surface area (Å²) in [6, 6.07) is 28.5. The second-order valence-electron chi connectivity index (χ2n) is 14.6. The smallest absolute Gasteiger partial charge is 0.147 e. The van der Waals surface area contributed by atoms with Gasteiger partial charge < -0.3 is 0 Å². The molecule has 1 saturated carbocycles. The predicted octanol–water partition coefficient (Wildman–Crippen LogP) is 12.8. The van der Waals surface area contributed by atoms with Crippen LogP contribution in [0.4, 0.5) is 0 Å². The van der Waals surface area contributed by atoms with E-state index >= 15 is 0 Å². The van der Waals surface area contributed by atoms with Crippen molar-refractivity contribution in [1.82, 2.24) is 0 Å². The maximum absolute atomic E-state index is 3.15. The van der Waals surface area contributed by atoms with E-state index in [9.17, 15) is 0 Å². The Morgan fingerprint density at radius 1 is 0.581 bits per heavy atom. The molecule has 0 nitrogen and oxygen atoms in total. The molecule has 0 spiro atoms. The molecule has 0 radical (unpaired) electrons. The fourth-order valence-electron chi connectivity index (χ4n) is 10.1. The van der Waals surface area contributed by atoms with Crippen LogP contribution in [0.2, 0.25) is 7.35 Å². The van der Waals surface area contributed by atoms with E-state index in [4.69, 9.17) is 0 Å². The van der Waals surface area contributed by atoms with Crippen molar-refractivity contribution in [2.45, 2.75) is 80.9 Å². The molecule has 8 rings (SSSR count). The molecular formula is C40H46Cl2Hf. The van der Waals surface area contributed by atoms with E-state index < -0.39 is 20.0 Å². The minimum Gasteiger partial charge on any atom is -0.147 e. The molecule has 0 bridgehead atoms. The summed E-state index contributed by atoms with van der Waals surface area (Å²) in [5.41, 5.74) is 10.3. The fraction of sp³-hybridized carbons (Fsp3) is 0.400. The molecule has 4 aromatic rings. The fourth-order valence-corrected chi connectivity index (χ4v) is 45.3. The van der Waals surface area contributed by atoms with Crippen LogP contribution in [-0.2, 0) is 20.0 Å². The van der Waals surface area contributed by atoms with Crippen molar-refractivity contribution < 1.29 is 20.0 Å². The summed E-state index contributed by atoms with van der Waals surface area (Å²) in [7, 11) is 0. The summed E-state index contributed by atoms with van der Waals surface area (Å²) in [5.74, 6) is 1.39. The van der Waals surface area contributed by atoms with Gasteiger partial charge in [0.25, 0.3) is 0 Å². The summed E-state index contributed by atoms with van der Waals surface area (Å²) in [6.07, 6.45) is 13.9. The minimum atomic E-state index is -3.15. The summed E-state index contributed by atoms with van der Waals surface area (Å²) < 4.78 is 3.59. The predicted molar refractivity (Wildman–Crippen MR) is 189 cm³/mol. The molecule has 224 valence electrons. The Balaban J connectivity index is 0.00000165. The Hall–Kier alpha value is -1.67. The number of hydrogen-bond donors (Lipinski definition) is 0. The van der Waals surface area contributed by atoms with E-state index in [1.54, 1.807) is 22.3 Å². The molecule has 4 aromatic carbocycles. The summed E-state index contributed by atoms with van der Waals surface area (Å²) in [4.78, 5) is 0. The average Bonchev–Trinajstić information content (AvgIpc) is 3.25. The molecule has 1 aliphatic heterocycles. The van der Waals surface area contributed by atoms with Crippen molar-refractivity contribution in [1.29, 1.82) is 0 Å². The molecule has 43 heavy (non-hydrogen) atoms. The van der Waals surface area contributed by atoms with E-state index in [1.165, 1.54) is 60.1 Å². The van der Waals surface area contributed by atoms with Crippen LogP contribution < -0.4 is 0 Å². The van der Waals surface area contributed by atoms with Crippen molar-refractivity contribution in [3.63, 3.8) is 0 Å². The first-order chi connectivity index (χ1) is 20.0.